The first-order valence-corrected chi connectivity index (χ1v) is 14.4. The lowest BCUT2D eigenvalue weighted by molar-refractivity contribution is 0.0940. The number of amides is 1. The summed E-state index contributed by atoms with van der Waals surface area (Å²) in [6.45, 7) is 8.09. The van der Waals surface area contributed by atoms with Crippen LogP contribution < -0.4 is 14.4 Å². The molecule has 0 fully saturated rings. The van der Waals surface area contributed by atoms with Crippen LogP contribution in [0, 0.1) is 6.92 Å². The van der Waals surface area contributed by atoms with Crippen LogP contribution in [0.4, 0.5) is 5.69 Å². The number of hydrogen-bond donors (Lipinski definition) is 1. The average molecular weight is 564 g/mol. The van der Waals surface area contributed by atoms with Gasteiger partial charge < -0.3 is 10.1 Å². The predicted octanol–water partition coefficient (Wildman–Crippen LogP) is 6.89. The normalized spacial score (nSPS) is 12.4. The molecule has 0 aliphatic rings. The van der Waals surface area contributed by atoms with Gasteiger partial charge in [-0.15, -0.1) is 0 Å². The number of carbonyl (C=O) groups is 1. The molecule has 0 saturated carbocycles. The van der Waals surface area contributed by atoms with E-state index in [9.17, 15) is 13.2 Å². The van der Waals surface area contributed by atoms with Crippen LogP contribution in [0.5, 0.6) is 5.75 Å². The van der Waals surface area contributed by atoms with Gasteiger partial charge in [0.2, 0.25) is 10.0 Å². The van der Waals surface area contributed by atoms with Crippen LogP contribution in [0.15, 0.2) is 54.6 Å². The van der Waals surface area contributed by atoms with Gasteiger partial charge in [-0.05, 0) is 85.0 Å². The molecule has 0 saturated heterocycles. The van der Waals surface area contributed by atoms with E-state index in [2.05, 4.69) is 25.2 Å². The number of ether oxygens (including phenoxy) is 1. The van der Waals surface area contributed by atoms with Gasteiger partial charge in [0.25, 0.3) is 5.91 Å². The molecule has 1 N–H and O–H groups in total. The highest BCUT2D eigenvalue weighted by Crippen LogP contribution is 2.33. The Labute approximate surface area is 229 Å². The molecule has 1 atom stereocenters. The Morgan fingerprint density at radius 1 is 1.00 bits per heavy atom. The number of nitrogens with zero attached hydrogens (tertiary/aromatic N) is 1. The van der Waals surface area contributed by atoms with Crippen molar-refractivity contribution in [1.29, 1.82) is 0 Å². The van der Waals surface area contributed by atoms with E-state index >= 15 is 0 Å². The fourth-order valence-corrected chi connectivity index (χ4v) is 5.56. The van der Waals surface area contributed by atoms with E-state index in [1.807, 2.05) is 19.9 Å². The Balaban J connectivity index is 1.83. The van der Waals surface area contributed by atoms with E-state index in [-0.39, 0.29) is 24.4 Å². The van der Waals surface area contributed by atoms with Crippen LogP contribution in [0.2, 0.25) is 10.0 Å². The molecule has 198 valence electrons. The molecule has 0 radical (unpaired) electrons. The van der Waals surface area contributed by atoms with Crippen molar-refractivity contribution in [2.45, 2.75) is 46.2 Å². The summed E-state index contributed by atoms with van der Waals surface area (Å²) >= 11 is 12.5. The molecule has 9 heteroatoms. The van der Waals surface area contributed by atoms with E-state index in [0.717, 1.165) is 28.7 Å². The van der Waals surface area contributed by atoms with Crippen LogP contribution >= 0.6 is 23.2 Å². The molecule has 0 heterocycles. The molecule has 3 aromatic rings. The lowest BCUT2D eigenvalue weighted by atomic mass is 9.93. The Morgan fingerprint density at radius 3 is 2.11 bits per heavy atom. The minimum absolute atomic E-state index is 0.0329. The second kappa shape index (κ2) is 11.8. The molecule has 0 aliphatic carbocycles. The monoisotopic (exact) mass is 562 g/mol. The lowest BCUT2D eigenvalue weighted by Gasteiger charge is -2.24. The maximum absolute atomic E-state index is 13.0. The van der Waals surface area contributed by atoms with Gasteiger partial charge in [0.1, 0.15) is 5.75 Å². The minimum atomic E-state index is -3.65. The molecule has 37 heavy (non-hydrogen) atoms. The second-order valence-corrected chi connectivity index (χ2v) is 12.0. The number of sulfonamides is 1. The number of hydrogen-bond acceptors (Lipinski definition) is 4. The standard InChI is InChI=1S/C28H32Cl2N2O4S/c1-17(2)22-15-23(18(3)14-27(22)36-5)19(4)31-28(33)20-10-12-21(13-11-20)32(37(6,34)35)16-24-25(29)8-7-9-26(24)30/h7-15,17,19H,16H2,1-6H3,(H,31,33)/t19-/m1/s1. The summed E-state index contributed by atoms with van der Waals surface area (Å²) in [5.41, 5.74) is 4.42. The van der Waals surface area contributed by atoms with Gasteiger partial charge >= 0.3 is 0 Å². The van der Waals surface area contributed by atoms with Gasteiger partial charge in [-0.1, -0.05) is 43.1 Å². The van der Waals surface area contributed by atoms with Crippen molar-refractivity contribution in [2.24, 2.45) is 0 Å². The van der Waals surface area contributed by atoms with Gasteiger partial charge in [-0.2, -0.15) is 0 Å². The summed E-state index contributed by atoms with van der Waals surface area (Å²) in [5, 5.41) is 3.80. The predicted molar refractivity (Wildman–Crippen MR) is 152 cm³/mol. The quantitative estimate of drug-likeness (QED) is 0.308. The summed E-state index contributed by atoms with van der Waals surface area (Å²) in [6.07, 6.45) is 1.11. The topological polar surface area (TPSA) is 75.7 Å². The van der Waals surface area contributed by atoms with E-state index in [1.54, 1.807) is 49.6 Å². The minimum Gasteiger partial charge on any atom is -0.496 e. The van der Waals surface area contributed by atoms with Crippen molar-refractivity contribution in [3.05, 3.63) is 92.5 Å². The Hall–Kier alpha value is -2.74. The number of anilines is 1. The SMILES string of the molecule is COc1cc(C)c([C@@H](C)NC(=O)c2ccc(N(Cc3c(Cl)cccc3Cl)S(C)(=O)=O)cc2)cc1C(C)C. The molecule has 0 bridgehead atoms. The van der Waals surface area contributed by atoms with E-state index in [0.29, 0.717) is 26.9 Å². The summed E-state index contributed by atoms with van der Waals surface area (Å²) in [5.74, 6) is 0.836. The lowest BCUT2D eigenvalue weighted by Crippen LogP contribution is -2.30. The van der Waals surface area contributed by atoms with E-state index in [4.69, 9.17) is 27.9 Å². The van der Waals surface area contributed by atoms with Crippen molar-refractivity contribution in [1.82, 2.24) is 5.32 Å². The third-order valence-corrected chi connectivity index (χ3v) is 8.08. The number of halogens is 2. The van der Waals surface area contributed by atoms with Crippen LogP contribution in [0.3, 0.4) is 0 Å². The summed E-state index contributed by atoms with van der Waals surface area (Å²) in [7, 11) is -2.00. The Kier molecular flexibility index (Phi) is 9.16. The Morgan fingerprint density at radius 2 is 1.59 bits per heavy atom. The Bertz CT molecular complexity index is 1370. The summed E-state index contributed by atoms with van der Waals surface area (Å²) in [6, 6.07) is 15.2. The first kappa shape index (κ1) is 28.8. The molecule has 0 unspecified atom stereocenters. The maximum Gasteiger partial charge on any atom is 0.251 e. The number of rotatable bonds is 9. The zero-order valence-corrected chi connectivity index (χ0v) is 24.1. The number of benzene rings is 3. The molecular formula is C28H32Cl2N2O4S. The maximum atomic E-state index is 13.0. The number of nitrogens with one attached hydrogen (secondary N) is 1. The second-order valence-electron chi connectivity index (χ2n) is 9.32. The van der Waals surface area contributed by atoms with Crippen LogP contribution in [0.1, 0.15) is 65.3 Å². The third kappa shape index (κ3) is 6.78. The average Bonchev–Trinajstić information content (AvgIpc) is 2.82. The highest BCUT2D eigenvalue weighted by atomic mass is 35.5. The van der Waals surface area contributed by atoms with Gasteiger partial charge in [-0.25, -0.2) is 8.42 Å². The molecule has 0 spiro atoms. The first-order valence-electron chi connectivity index (χ1n) is 11.8. The van der Waals surface area contributed by atoms with Crippen molar-refractivity contribution in [2.75, 3.05) is 17.7 Å². The molecule has 3 aromatic carbocycles. The van der Waals surface area contributed by atoms with E-state index in [1.165, 1.54) is 4.31 Å². The van der Waals surface area contributed by atoms with Gasteiger partial charge in [0.15, 0.2) is 0 Å². The molecule has 0 aliphatic heterocycles. The summed E-state index contributed by atoms with van der Waals surface area (Å²) < 4.78 is 31.9. The van der Waals surface area contributed by atoms with Gasteiger partial charge in [-0.3, -0.25) is 9.10 Å². The van der Waals surface area contributed by atoms with Crippen molar-refractivity contribution in [3.63, 3.8) is 0 Å². The third-order valence-electron chi connectivity index (χ3n) is 6.24. The van der Waals surface area contributed by atoms with Gasteiger partial charge in [0, 0.05) is 21.2 Å². The largest absolute Gasteiger partial charge is 0.496 e. The van der Waals surface area contributed by atoms with Crippen molar-refractivity contribution in [3.8, 4) is 5.75 Å². The fraction of sp³-hybridized carbons (Fsp3) is 0.321. The summed E-state index contributed by atoms with van der Waals surface area (Å²) in [4.78, 5) is 13.0. The van der Waals surface area contributed by atoms with Crippen molar-refractivity contribution < 1.29 is 17.9 Å². The zero-order valence-electron chi connectivity index (χ0n) is 21.8. The van der Waals surface area contributed by atoms with Gasteiger partial charge in [0.05, 0.1) is 31.6 Å². The smallest absolute Gasteiger partial charge is 0.251 e. The highest BCUT2D eigenvalue weighted by Gasteiger charge is 2.22. The van der Waals surface area contributed by atoms with Crippen LogP contribution in [-0.2, 0) is 16.6 Å². The molecular weight excluding hydrogens is 531 g/mol. The number of methoxy groups -OCH3 is 1. The highest BCUT2D eigenvalue weighted by molar-refractivity contribution is 7.92. The van der Waals surface area contributed by atoms with E-state index < -0.39 is 10.0 Å². The molecule has 3 rings (SSSR count). The number of carbonyl (C=O) groups excluding carboxylic acids is 1. The van der Waals surface area contributed by atoms with Crippen LogP contribution in [0.25, 0.3) is 0 Å². The zero-order chi connectivity index (χ0) is 27.5. The van der Waals surface area contributed by atoms with Crippen LogP contribution in [-0.4, -0.2) is 27.7 Å². The van der Waals surface area contributed by atoms with Crippen molar-refractivity contribution >= 4 is 44.8 Å². The molecule has 6 nitrogen and oxygen atoms in total. The fourth-order valence-electron chi connectivity index (χ4n) is 4.17. The molecule has 0 aromatic heterocycles. The first-order chi connectivity index (χ1) is 17.3. The number of aryl methyl sites for hydroxylation is 1. The molecule has 1 amide bonds.